The predicted octanol–water partition coefficient (Wildman–Crippen LogP) is 2.14. The Kier molecular flexibility index (Phi) is 4.72. The summed E-state index contributed by atoms with van der Waals surface area (Å²) in [6, 6.07) is 6.39. The number of thiophene rings is 1. The second-order valence-electron chi connectivity index (χ2n) is 6.57. The number of fused-ring (bicyclic) bond motifs is 1. The summed E-state index contributed by atoms with van der Waals surface area (Å²) < 4.78 is 42.8. The van der Waals surface area contributed by atoms with Gasteiger partial charge in [-0.05, 0) is 31.0 Å². The van der Waals surface area contributed by atoms with Gasteiger partial charge in [0.2, 0.25) is 0 Å². The standard InChI is InChI=1S/C17H20FN3O3S2/c18-14-4-3-5-15-13(14)12-16(25-15)17(22)19-8-10-21(11-9-19)26(23,24)20-6-1-2-7-20/h3-5,12H,1-2,6-11H2. The third-order valence-corrected chi connectivity index (χ3v) is 8.09. The lowest BCUT2D eigenvalue weighted by atomic mass is 10.2. The minimum Gasteiger partial charge on any atom is -0.335 e. The Labute approximate surface area is 156 Å². The lowest BCUT2D eigenvalue weighted by molar-refractivity contribution is 0.0699. The SMILES string of the molecule is O=C(c1cc2c(F)cccc2s1)N1CCN(S(=O)(=O)N2CCCC2)CC1. The summed E-state index contributed by atoms with van der Waals surface area (Å²) in [5.74, 6) is -0.497. The fraction of sp³-hybridized carbons (Fsp3) is 0.471. The number of nitrogens with zero attached hydrogens (tertiary/aromatic N) is 3. The molecule has 0 saturated carbocycles. The molecule has 2 saturated heterocycles. The van der Waals surface area contributed by atoms with Gasteiger partial charge in [-0.25, -0.2) is 4.39 Å². The second kappa shape index (κ2) is 6.88. The van der Waals surface area contributed by atoms with Crippen LogP contribution in [0, 0.1) is 5.82 Å². The van der Waals surface area contributed by atoms with Crippen molar-refractivity contribution in [3.8, 4) is 0 Å². The van der Waals surface area contributed by atoms with E-state index in [1.165, 1.54) is 26.0 Å². The first-order chi connectivity index (χ1) is 12.5. The zero-order chi connectivity index (χ0) is 18.3. The number of hydrogen-bond donors (Lipinski definition) is 0. The van der Waals surface area contributed by atoms with E-state index in [9.17, 15) is 17.6 Å². The fourth-order valence-corrected chi connectivity index (χ4v) is 6.20. The van der Waals surface area contributed by atoms with E-state index in [4.69, 9.17) is 0 Å². The molecular weight excluding hydrogens is 377 g/mol. The van der Waals surface area contributed by atoms with Gasteiger partial charge in [0.25, 0.3) is 16.1 Å². The van der Waals surface area contributed by atoms with Gasteiger partial charge in [0, 0.05) is 49.4 Å². The summed E-state index contributed by atoms with van der Waals surface area (Å²) in [7, 11) is -3.42. The second-order valence-corrected chi connectivity index (χ2v) is 9.58. The Hall–Kier alpha value is -1.55. The van der Waals surface area contributed by atoms with Gasteiger partial charge in [0.1, 0.15) is 5.82 Å². The molecule has 140 valence electrons. The van der Waals surface area contributed by atoms with E-state index < -0.39 is 10.2 Å². The first-order valence-corrected chi connectivity index (χ1v) is 10.9. The van der Waals surface area contributed by atoms with Crippen molar-refractivity contribution in [2.75, 3.05) is 39.3 Å². The lowest BCUT2D eigenvalue weighted by Crippen LogP contribution is -2.53. The predicted molar refractivity (Wildman–Crippen MR) is 99.0 cm³/mol. The number of amides is 1. The average Bonchev–Trinajstić information content (AvgIpc) is 3.32. The molecule has 0 unspecified atom stereocenters. The summed E-state index contributed by atoms with van der Waals surface area (Å²) in [6.07, 6.45) is 1.81. The molecular formula is C17H20FN3O3S2. The molecule has 2 fully saturated rings. The van der Waals surface area contributed by atoms with Crippen molar-refractivity contribution in [2.45, 2.75) is 12.8 Å². The van der Waals surface area contributed by atoms with Crippen molar-refractivity contribution in [1.29, 1.82) is 0 Å². The first-order valence-electron chi connectivity index (χ1n) is 8.69. The van der Waals surface area contributed by atoms with Gasteiger partial charge in [-0.2, -0.15) is 17.0 Å². The Balaban J connectivity index is 1.45. The Morgan fingerprint density at radius 3 is 2.31 bits per heavy atom. The smallest absolute Gasteiger partial charge is 0.282 e. The quantitative estimate of drug-likeness (QED) is 0.797. The minimum atomic E-state index is -3.42. The number of rotatable bonds is 3. The van der Waals surface area contributed by atoms with Crippen LogP contribution in [0.3, 0.4) is 0 Å². The maximum atomic E-state index is 13.8. The molecule has 0 bridgehead atoms. The largest absolute Gasteiger partial charge is 0.335 e. The summed E-state index contributed by atoms with van der Waals surface area (Å²) in [5, 5.41) is 0.455. The Bertz CT molecular complexity index is 930. The molecule has 1 aromatic carbocycles. The van der Waals surface area contributed by atoms with Crippen LogP contribution < -0.4 is 0 Å². The third kappa shape index (κ3) is 3.13. The zero-order valence-electron chi connectivity index (χ0n) is 14.2. The van der Waals surface area contributed by atoms with Crippen molar-refractivity contribution >= 4 is 37.5 Å². The van der Waals surface area contributed by atoms with Crippen LogP contribution in [-0.4, -0.2) is 67.1 Å². The maximum Gasteiger partial charge on any atom is 0.282 e. The topological polar surface area (TPSA) is 60.9 Å². The molecule has 4 rings (SSSR count). The summed E-state index contributed by atoms with van der Waals surface area (Å²) in [5.41, 5.74) is 0. The molecule has 9 heteroatoms. The minimum absolute atomic E-state index is 0.163. The maximum absolute atomic E-state index is 13.8. The van der Waals surface area contributed by atoms with Gasteiger partial charge in [0.05, 0.1) is 4.88 Å². The number of halogens is 1. The van der Waals surface area contributed by atoms with Crippen LogP contribution in [0.2, 0.25) is 0 Å². The van der Waals surface area contributed by atoms with Gasteiger partial charge in [-0.3, -0.25) is 4.79 Å². The van der Waals surface area contributed by atoms with E-state index in [0.29, 0.717) is 49.5 Å². The van der Waals surface area contributed by atoms with Crippen LogP contribution >= 0.6 is 11.3 Å². The molecule has 1 aromatic heterocycles. The summed E-state index contributed by atoms with van der Waals surface area (Å²) >= 11 is 1.27. The van der Waals surface area contributed by atoms with Crippen molar-refractivity contribution in [2.24, 2.45) is 0 Å². The number of carbonyl (C=O) groups is 1. The first kappa shape index (κ1) is 17.8. The van der Waals surface area contributed by atoms with Crippen LogP contribution in [0.5, 0.6) is 0 Å². The monoisotopic (exact) mass is 397 g/mol. The van der Waals surface area contributed by atoms with Gasteiger partial charge in [-0.15, -0.1) is 11.3 Å². The molecule has 2 aliphatic rings. The summed E-state index contributed by atoms with van der Waals surface area (Å²) in [6.45, 7) is 2.45. The van der Waals surface area contributed by atoms with Crippen molar-refractivity contribution in [3.05, 3.63) is 35.0 Å². The third-order valence-electron chi connectivity index (χ3n) is 4.96. The van der Waals surface area contributed by atoms with E-state index >= 15 is 0 Å². The van der Waals surface area contributed by atoms with E-state index in [1.54, 1.807) is 23.1 Å². The van der Waals surface area contributed by atoms with Crippen molar-refractivity contribution in [3.63, 3.8) is 0 Å². The van der Waals surface area contributed by atoms with Crippen molar-refractivity contribution in [1.82, 2.24) is 13.5 Å². The summed E-state index contributed by atoms with van der Waals surface area (Å²) in [4.78, 5) is 14.9. The van der Waals surface area contributed by atoms with Gasteiger partial charge >= 0.3 is 0 Å². The molecule has 0 radical (unpaired) electrons. The Morgan fingerprint density at radius 2 is 1.65 bits per heavy atom. The highest BCUT2D eigenvalue weighted by atomic mass is 32.2. The molecule has 1 amide bonds. The van der Waals surface area contributed by atoms with E-state index in [-0.39, 0.29) is 11.7 Å². The van der Waals surface area contributed by atoms with Gasteiger partial charge in [0.15, 0.2) is 0 Å². The van der Waals surface area contributed by atoms with Crippen molar-refractivity contribution < 1.29 is 17.6 Å². The highest BCUT2D eigenvalue weighted by molar-refractivity contribution is 7.86. The highest BCUT2D eigenvalue weighted by Crippen LogP contribution is 2.29. The van der Waals surface area contributed by atoms with Gasteiger partial charge in [-0.1, -0.05) is 6.07 Å². The van der Waals surface area contributed by atoms with Crippen LogP contribution in [0.4, 0.5) is 4.39 Å². The molecule has 0 atom stereocenters. The van der Waals surface area contributed by atoms with E-state index in [2.05, 4.69) is 0 Å². The number of piperazine rings is 1. The number of hydrogen-bond acceptors (Lipinski definition) is 4. The van der Waals surface area contributed by atoms with Crippen LogP contribution in [0.15, 0.2) is 24.3 Å². The van der Waals surface area contributed by atoms with E-state index in [0.717, 1.165) is 17.5 Å². The van der Waals surface area contributed by atoms with Crippen LogP contribution in [-0.2, 0) is 10.2 Å². The Morgan fingerprint density at radius 1 is 1.00 bits per heavy atom. The van der Waals surface area contributed by atoms with Crippen LogP contribution in [0.1, 0.15) is 22.5 Å². The molecule has 26 heavy (non-hydrogen) atoms. The van der Waals surface area contributed by atoms with Crippen LogP contribution in [0.25, 0.3) is 10.1 Å². The molecule has 2 aliphatic heterocycles. The van der Waals surface area contributed by atoms with E-state index in [1.807, 2.05) is 0 Å². The fourth-order valence-electron chi connectivity index (χ4n) is 3.49. The number of carbonyl (C=O) groups excluding carboxylic acids is 1. The number of benzene rings is 1. The molecule has 3 heterocycles. The molecule has 0 spiro atoms. The molecule has 6 nitrogen and oxygen atoms in total. The molecule has 0 aliphatic carbocycles. The van der Waals surface area contributed by atoms with Gasteiger partial charge < -0.3 is 4.90 Å². The lowest BCUT2D eigenvalue weighted by Gasteiger charge is -2.35. The molecule has 0 N–H and O–H groups in total. The average molecular weight is 397 g/mol. The zero-order valence-corrected chi connectivity index (χ0v) is 15.9. The molecule has 2 aromatic rings. The normalized spacial score (nSPS) is 20.1. The highest BCUT2D eigenvalue weighted by Gasteiger charge is 2.35.